The highest BCUT2D eigenvalue weighted by atomic mass is 32.2. The van der Waals surface area contributed by atoms with Crippen molar-refractivity contribution < 1.29 is 23.1 Å². The van der Waals surface area contributed by atoms with Crippen LogP contribution in [0.15, 0.2) is 30.3 Å². The molecular weight excluding hydrogens is 368 g/mol. The van der Waals surface area contributed by atoms with E-state index in [1.54, 1.807) is 11.8 Å². The predicted molar refractivity (Wildman–Crippen MR) is 101 cm³/mol. The van der Waals surface area contributed by atoms with E-state index in [-0.39, 0.29) is 30.7 Å². The van der Waals surface area contributed by atoms with E-state index in [0.29, 0.717) is 25.9 Å². The molecule has 2 fully saturated rings. The molecule has 0 bridgehead atoms. The third-order valence-corrected chi connectivity index (χ3v) is 7.52. The number of sulfonamides is 1. The highest BCUT2D eigenvalue weighted by Crippen LogP contribution is 2.34. The van der Waals surface area contributed by atoms with Gasteiger partial charge in [-0.15, -0.1) is 0 Å². The topological polar surface area (TPSA) is 95.0 Å². The third-order valence-electron chi connectivity index (χ3n) is 5.67. The fraction of sp³-hybridized carbons (Fsp3) is 0.579. The molecule has 0 radical (unpaired) electrons. The molecule has 148 valence electrons. The van der Waals surface area contributed by atoms with E-state index in [4.69, 9.17) is 0 Å². The van der Waals surface area contributed by atoms with Gasteiger partial charge < -0.3 is 10.0 Å². The first-order valence-corrected chi connectivity index (χ1v) is 11.0. The van der Waals surface area contributed by atoms with Crippen LogP contribution in [0.25, 0.3) is 0 Å². The number of benzene rings is 1. The lowest BCUT2D eigenvalue weighted by molar-refractivity contribution is -0.142. The third kappa shape index (κ3) is 4.16. The average Bonchev–Trinajstić information content (AvgIpc) is 3.14. The monoisotopic (exact) mass is 394 g/mol. The number of hydrogen-bond donors (Lipinski definition) is 1. The van der Waals surface area contributed by atoms with Gasteiger partial charge in [0.2, 0.25) is 15.9 Å². The van der Waals surface area contributed by atoms with Crippen LogP contribution in [0.3, 0.4) is 0 Å². The highest BCUT2D eigenvalue weighted by molar-refractivity contribution is 7.89. The first kappa shape index (κ1) is 19.8. The van der Waals surface area contributed by atoms with Crippen molar-refractivity contribution >= 4 is 21.9 Å². The molecule has 1 aromatic carbocycles. The normalized spacial score (nSPS) is 26.9. The number of carbonyl (C=O) groups is 2. The quantitative estimate of drug-likeness (QED) is 0.814. The minimum absolute atomic E-state index is 0.0226. The van der Waals surface area contributed by atoms with Gasteiger partial charge in [-0.1, -0.05) is 30.3 Å². The lowest BCUT2D eigenvalue weighted by Crippen LogP contribution is -2.46. The van der Waals surface area contributed by atoms with Crippen molar-refractivity contribution in [3.05, 3.63) is 35.9 Å². The van der Waals surface area contributed by atoms with Crippen LogP contribution in [0.1, 0.15) is 31.2 Å². The SMILES string of the molecule is CCS(=O)(=O)N1CCCC(C(=O)N2CC(C(=O)O)C(c3ccccc3)C2)C1. The summed E-state index contributed by atoms with van der Waals surface area (Å²) in [4.78, 5) is 26.4. The van der Waals surface area contributed by atoms with Crippen LogP contribution in [0.4, 0.5) is 0 Å². The number of nitrogens with zero attached hydrogens (tertiary/aromatic N) is 2. The number of carboxylic acid groups (broad SMARTS) is 1. The Morgan fingerprint density at radius 3 is 2.48 bits per heavy atom. The Balaban J connectivity index is 1.74. The summed E-state index contributed by atoms with van der Waals surface area (Å²) in [5, 5.41) is 9.61. The fourth-order valence-electron chi connectivity index (χ4n) is 4.11. The predicted octanol–water partition coefficient (Wildman–Crippen LogP) is 1.37. The standard InChI is InChI=1S/C19H26N2O5S/c1-2-27(25,26)21-10-6-9-15(11-21)18(22)20-12-16(17(13-20)19(23)24)14-7-4-3-5-8-14/h3-5,7-8,15-17H,2,6,9-13H2,1H3,(H,23,24). The molecule has 0 saturated carbocycles. The fourth-order valence-corrected chi connectivity index (χ4v) is 5.29. The minimum atomic E-state index is -3.32. The van der Waals surface area contributed by atoms with E-state index in [1.165, 1.54) is 4.31 Å². The average molecular weight is 394 g/mol. The van der Waals surface area contributed by atoms with Gasteiger partial charge >= 0.3 is 5.97 Å². The van der Waals surface area contributed by atoms with Crippen molar-refractivity contribution in [2.75, 3.05) is 31.9 Å². The molecule has 2 aliphatic rings. The Labute approximate surface area is 160 Å². The van der Waals surface area contributed by atoms with Crippen LogP contribution >= 0.6 is 0 Å². The number of carbonyl (C=O) groups excluding carboxylic acids is 1. The Bertz CT molecular complexity index is 796. The van der Waals surface area contributed by atoms with Crippen LogP contribution in [0.2, 0.25) is 0 Å². The van der Waals surface area contributed by atoms with Crippen molar-refractivity contribution in [3.63, 3.8) is 0 Å². The van der Waals surface area contributed by atoms with Crippen LogP contribution in [-0.2, 0) is 19.6 Å². The number of rotatable bonds is 5. The lowest BCUT2D eigenvalue weighted by Gasteiger charge is -2.33. The summed E-state index contributed by atoms with van der Waals surface area (Å²) in [6.07, 6.45) is 1.28. The van der Waals surface area contributed by atoms with E-state index in [9.17, 15) is 23.1 Å². The molecule has 3 rings (SSSR count). The maximum absolute atomic E-state index is 13.0. The van der Waals surface area contributed by atoms with Crippen LogP contribution in [0.5, 0.6) is 0 Å². The molecule has 3 atom stereocenters. The zero-order chi connectivity index (χ0) is 19.6. The molecule has 2 saturated heterocycles. The van der Waals surface area contributed by atoms with Crippen LogP contribution in [0, 0.1) is 11.8 Å². The first-order chi connectivity index (χ1) is 12.8. The molecule has 7 nitrogen and oxygen atoms in total. The zero-order valence-electron chi connectivity index (χ0n) is 15.5. The number of piperidine rings is 1. The van der Waals surface area contributed by atoms with Crippen molar-refractivity contribution in [1.29, 1.82) is 0 Å². The number of hydrogen-bond acceptors (Lipinski definition) is 4. The van der Waals surface area contributed by atoms with Gasteiger partial charge in [0.05, 0.1) is 17.6 Å². The van der Waals surface area contributed by atoms with E-state index in [1.807, 2.05) is 30.3 Å². The Morgan fingerprint density at radius 2 is 1.85 bits per heavy atom. The summed E-state index contributed by atoms with van der Waals surface area (Å²) in [5.74, 6) is -2.30. The summed E-state index contributed by atoms with van der Waals surface area (Å²) in [5.41, 5.74) is 0.916. The summed E-state index contributed by atoms with van der Waals surface area (Å²) >= 11 is 0. The second-order valence-electron chi connectivity index (χ2n) is 7.30. The zero-order valence-corrected chi connectivity index (χ0v) is 16.3. The van der Waals surface area contributed by atoms with Gasteiger partial charge in [-0.3, -0.25) is 9.59 Å². The highest BCUT2D eigenvalue weighted by Gasteiger charge is 2.43. The number of likely N-dealkylation sites (tertiary alicyclic amines) is 1. The van der Waals surface area contributed by atoms with Crippen LogP contribution in [-0.4, -0.2) is 66.5 Å². The maximum atomic E-state index is 13.0. The van der Waals surface area contributed by atoms with Gasteiger partial charge in [0, 0.05) is 32.1 Å². The maximum Gasteiger partial charge on any atom is 0.308 e. The molecule has 2 heterocycles. The molecule has 0 aliphatic carbocycles. The first-order valence-electron chi connectivity index (χ1n) is 9.38. The van der Waals surface area contributed by atoms with Crippen molar-refractivity contribution in [2.45, 2.75) is 25.7 Å². The molecule has 0 spiro atoms. The smallest absolute Gasteiger partial charge is 0.308 e. The van der Waals surface area contributed by atoms with Gasteiger partial charge in [-0.2, -0.15) is 0 Å². The Hall–Kier alpha value is -1.93. The van der Waals surface area contributed by atoms with E-state index < -0.39 is 27.8 Å². The van der Waals surface area contributed by atoms with Crippen LogP contribution < -0.4 is 0 Å². The van der Waals surface area contributed by atoms with E-state index >= 15 is 0 Å². The Morgan fingerprint density at radius 1 is 1.15 bits per heavy atom. The summed E-state index contributed by atoms with van der Waals surface area (Å²) < 4.78 is 25.7. The molecule has 1 N–H and O–H groups in total. The molecule has 8 heteroatoms. The summed E-state index contributed by atoms with van der Waals surface area (Å²) in [6, 6.07) is 9.40. The second kappa shape index (κ2) is 7.98. The molecular formula is C19H26N2O5S. The van der Waals surface area contributed by atoms with Gasteiger partial charge in [0.1, 0.15) is 0 Å². The van der Waals surface area contributed by atoms with Crippen molar-refractivity contribution in [3.8, 4) is 0 Å². The number of aliphatic carboxylic acids is 1. The molecule has 0 aromatic heterocycles. The Kier molecular flexibility index (Phi) is 5.86. The molecule has 1 amide bonds. The van der Waals surface area contributed by atoms with Gasteiger partial charge in [-0.05, 0) is 25.3 Å². The molecule has 27 heavy (non-hydrogen) atoms. The van der Waals surface area contributed by atoms with E-state index in [0.717, 1.165) is 5.56 Å². The number of amides is 1. The number of carboxylic acids is 1. The van der Waals surface area contributed by atoms with Crippen molar-refractivity contribution in [1.82, 2.24) is 9.21 Å². The largest absolute Gasteiger partial charge is 0.481 e. The van der Waals surface area contributed by atoms with E-state index in [2.05, 4.69) is 0 Å². The molecule has 3 unspecified atom stereocenters. The van der Waals surface area contributed by atoms with Gasteiger partial charge in [-0.25, -0.2) is 12.7 Å². The molecule has 1 aromatic rings. The van der Waals surface area contributed by atoms with Gasteiger partial charge in [0.15, 0.2) is 0 Å². The lowest BCUT2D eigenvalue weighted by atomic mass is 9.89. The summed E-state index contributed by atoms with van der Waals surface area (Å²) in [7, 11) is -3.32. The summed E-state index contributed by atoms with van der Waals surface area (Å²) in [6.45, 7) is 2.77. The minimum Gasteiger partial charge on any atom is -0.481 e. The van der Waals surface area contributed by atoms with Crippen molar-refractivity contribution in [2.24, 2.45) is 11.8 Å². The molecule has 2 aliphatic heterocycles. The second-order valence-corrected chi connectivity index (χ2v) is 9.56. The van der Waals surface area contributed by atoms with Gasteiger partial charge in [0.25, 0.3) is 0 Å².